The van der Waals surface area contributed by atoms with E-state index in [9.17, 15) is 4.79 Å². The molecule has 144 valence electrons. The van der Waals surface area contributed by atoms with Crippen LogP contribution in [0.5, 0.6) is 0 Å². The number of fused-ring (bicyclic) bond motifs is 1. The number of carbonyl (C=O) groups is 1. The highest BCUT2D eigenvalue weighted by Gasteiger charge is 2.27. The van der Waals surface area contributed by atoms with E-state index in [1.807, 2.05) is 17.9 Å². The Morgan fingerprint density at radius 3 is 2.74 bits per heavy atom. The zero-order valence-corrected chi connectivity index (χ0v) is 16.3. The molecular formula is C21H29N4O2+. The third-order valence-corrected chi connectivity index (χ3v) is 5.71. The van der Waals surface area contributed by atoms with E-state index >= 15 is 0 Å². The van der Waals surface area contributed by atoms with Gasteiger partial charge in [0.15, 0.2) is 0 Å². The van der Waals surface area contributed by atoms with E-state index in [0.29, 0.717) is 6.54 Å². The van der Waals surface area contributed by atoms with Gasteiger partial charge in [-0.2, -0.15) is 0 Å². The van der Waals surface area contributed by atoms with Crippen molar-refractivity contribution in [1.82, 2.24) is 10.1 Å². The molecule has 4 rings (SSSR count). The minimum atomic E-state index is 0.250. The molecule has 1 saturated heterocycles. The molecule has 0 atom stereocenters. The largest absolute Gasteiger partial charge is 0.362 e. The number of rotatable bonds is 4. The van der Waals surface area contributed by atoms with Crippen LogP contribution < -0.4 is 9.80 Å². The molecule has 27 heavy (non-hydrogen) atoms. The molecule has 2 aromatic rings. The number of piperazine rings is 1. The maximum Gasteiger partial charge on any atom is 0.242 e. The van der Waals surface area contributed by atoms with Gasteiger partial charge in [-0.05, 0) is 38.3 Å². The quantitative estimate of drug-likeness (QED) is 0.873. The number of nitrogens with one attached hydrogen (secondary N) is 1. The lowest BCUT2D eigenvalue weighted by molar-refractivity contribution is -0.918. The smallest absolute Gasteiger partial charge is 0.242 e. The van der Waals surface area contributed by atoms with Crippen molar-refractivity contribution >= 4 is 11.6 Å². The Hall–Kier alpha value is -2.34. The van der Waals surface area contributed by atoms with E-state index in [1.54, 1.807) is 0 Å². The standard InChI is InChI=1S/C21H28N4O2/c1-16-5-6-20-18(12-16)4-3-7-25(20)15-21(26)24-10-8-23(9-11-24)14-19-13-17(2)27-22-19/h5-6,12-13H,3-4,7-11,14-15H2,1-2H3/p+1. The lowest BCUT2D eigenvalue weighted by Gasteiger charge is -2.35. The van der Waals surface area contributed by atoms with Crippen LogP contribution in [-0.4, -0.2) is 55.2 Å². The van der Waals surface area contributed by atoms with Gasteiger partial charge in [0.1, 0.15) is 18.0 Å². The number of aryl methyl sites for hydroxylation is 3. The molecule has 0 aliphatic carbocycles. The summed E-state index contributed by atoms with van der Waals surface area (Å²) in [5.74, 6) is 1.11. The van der Waals surface area contributed by atoms with E-state index in [-0.39, 0.29) is 5.91 Å². The lowest BCUT2D eigenvalue weighted by atomic mass is 9.99. The molecule has 2 aliphatic heterocycles. The summed E-state index contributed by atoms with van der Waals surface area (Å²) >= 11 is 0. The average Bonchev–Trinajstić information content (AvgIpc) is 3.07. The van der Waals surface area contributed by atoms with Crippen LogP contribution >= 0.6 is 0 Å². The van der Waals surface area contributed by atoms with Crippen molar-refractivity contribution in [2.24, 2.45) is 0 Å². The molecular weight excluding hydrogens is 340 g/mol. The third-order valence-electron chi connectivity index (χ3n) is 5.71. The Labute approximate surface area is 160 Å². The molecule has 3 heterocycles. The van der Waals surface area contributed by atoms with Crippen molar-refractivity contribution in [1.29, 1.82) is 0 Å². The van der Waals surface area contributed by atoms with Gasteiger partial charge < -0.3 is 19.2 Å². The molecule has 1 aromatic carbocycles. The van der Waals surface area contributed by atoms with Crippen molar-refractivity contribution in [2.75, 3.05) is 44.2 Å². The predicted molar refractivity (Wildman–Crippen MR) is 104 cm³/mol. The topological polar surface area (TPSA) is 54.0 Å². The molecule has 0 bridgehead atoms. The van der Waals surface area contributed by atoms with Crippen molar-refractivity contribution in [3.05, 3.63) is 46.8 Å². The van der Waals surface area contributed by atoms with Gasteiger partial charge in [0.2, 0.25) is 5.91 Å². The summed E-state index contributed by atoms with van der Waals surface area (Å²) in [5, 5.41) is 4.09. The Kier molecular flexibility index (Phi) is 5.16. The first-order valence-corrected chi connectivity index (χ1v) is 9.96. The Morgan fingerprint density at radius 2 is 2.00 bits per heavy atom. The maximum absolute atomic E-state index is 12.9. The summed E-state index contributed by atoms with van der Waals surface area (Å²) in [6, 6.07) is 8.59. The average molecular weight is 369 g/mol. The second kappa shape index (κ2) is 7.72. The molecule has 2 aliphatic rings. The Morgan fingerprint density at radius 1 is 1.19 bits per heavy atom. The second-order valence-electron chi connectivity index (χ2n) is 7.89. The number of aromatic nitrogens is 1. The summed E-state index contributed by atoms with van der Waals surface area (Å²) in [7, 11) is 0. The molecule has 1 fully saturated rings. The van der Waals surface area contributed by atoms with Gasteiger partial charge in [0.05, 0.1) is 32.7 Å². The SMILES string of the molecule is Cc1ccc2c(c1)CCCN2CC(=O)N1CC[NH+](Cc2cc(C)on2)CC1. The lowest BCUT2D eigenvalue weighted by Crippen LogP contribution is -3.13. The number of hydrogen-bond donors (Lipinski definition) is 1. The number of amides is 1. The van der Waals surface area contributed by atoms with Gasteiger partial charge in [-0.1, -0.05) is 22.9 Å². The molecule has 0 unspecified atom stereocenters. The van der Waals surface area contributed by atoms with Gasteiger partial charge >= 0.3 is 0 Å². The Bertz CT molecular complexity index is 808. The first-order chi connectivity index (χ1) is 13.1. The number of nitrogens with zero attached hydrogens (tertiary/aromatic N) is 3. The summed E-state index contributed by atoms with van der Waals surface area (Å²) in [6.07, 6.45) is 2.24. The molecule has 1 amide bonds. The second-order valence-corrected chi connectivity index (χ2v) is 7.89. The molecule has 6 nitrogen and oxygen atoms in total. The van der Waals surface area contributed by atoms with E-state index < -0.39 is 0 Å². The number of anilines is 1. The highest BCUT2D eigenvalue weighted by Crippen LogP contribution is 2.27. The van der Waals surface area contributed by atoms with Crippen LogP contribution in [0.25, 0.3) is 0 Å². The zero-order chi connectivity index (χ0) is 18.8. The monoisotopic (exact) mass is 369 g/mol. The van der Waals surface area contributed by atoms with Gasteiger partial charge in [-0.25, -0.2) is 0 Å². The number of hydrogen-bond acceptors (Lipinski definition) is 4. The van der Waals surface area contributed by atoms with E-state index in [1.165, 1.54) is 21.7 Å². The van der Waals surface area contributed by atoms with E-state index in [4.69, 9.17) is 4.52 Å². The summed E-state index contributed by atoms with van der Waals surface area (Å²) in [5.41, 5.74) is 4.92. The predicted octanol–water partition coefficient (Wildman–Crippen LogP) is 0.971. The maximum atomic E-state index is 12.9. The Balaban J connectivity index is 1.31. The fraction of sp³-hybridized carbons (Fsp3) is 0.524. The van der Waals surface area contributed by atoms with Crippen LogP contribution in [0, 0.1) is 13.8 Å². The minimum Gasteiger partial charge on any atom is -0.362 e. The molecule has 1 N–H and O–H groups in total. The normalized spacial score (nSPS) is 17.9. The molecule has 0 spiro atoms. The van der Waals surface area contributed by atoms with E-state index in [2.05, 4.69) is 35.2 Å². The molecule has 6 heteroatoms. The van der Waals surface area contributed by atoms with Crippen LogP contribution in [0.2, 0.25) is 0 Å². The highest BCUT2D eigenvalue weighted by molar-refractivity contribution is 5.82. The van der Waals surface area contributed by atoms with Crippen LogP contribution in [-0.2, 0) is 17.8 Å². The van der Waals surface area contributed by atoms with Crippen molar-refractivity contribution in [2.45, 2.75) is 33.2 Å². The fourth-order valence-electron chi connectivity index (χ4n) is 4.24. The van der Waals surface area contributed by atoms with E-state index in [0.717, 1.165) is 63.6 Å². The van der Waals surface area contributed by atoms with Gasteiger partial charge in [-0.3, -0.25) is 4.79 Å². The summed E-state index contributed by atoms with van der Waals surface area (Å²) < 4.78 is 5.15. The van der Waals surface area contributed by atoms with Gasteiger partial charge in [-0.15, -0.1) is 0 Å². The van der Waals surface area contributed by atoms with Crippen molar-refractivity contribution < 1.29 is 14.2 Å². The molecule has 0 radical (unpaired) electrons. The minimum absolute atomic E-state index is 0.250. The third kappa shape index (κ3) is 4.16. The number of quaternary nitrogens is 1. The first-order valence-electron chi connectivity index (χ1n) is 9.96. The highest BCUT2D eigenvalue weighted by atomic mass is 16.5. The first kappa shape index (κ1) is 18.0. The van der Waals surface area contributed by atoms with Crippen molar-refractivity contribution in [3.8, 4) is 0 Å². The van der Waals surface area contributed by atoms with Crippen molar-refractivity contribution in [3.63, 3.8) is 0 Å². The molecule has 0 saturated carbocycles. The summed E-state index contributed by atoms with van der Waals surface area (Å²) in [4.78, 5) is 18.6. The van der Waals surface area contributed by atoms with Crippen LogP contribution in [0.1, 0.15) is 29.0 Å². The van der Waals surface area contributed by atoms with Crippen LogP contribution in [0.15, 0.2) is 28.8 Å². The van der Waals surface area contributed by atoms with Gasteiger partial charge in [0.25, 0.3) is 0 Å². The summed E-state index contributed by atoms with van der Waals surface area (Å²) in [6.45, 7) is 9.96. The zero-order valence-electron chi connectivity index (χ0n) is 16.3. The van der Waals surface area contributed by atoms with Gasteiger partial charge in [0, 0.05) is 18.3 Å². The van der Waals surface area contributed by atoms with Crippen LogP contribution in [0.4, 0.5) is 5.69 Å². The van der Waals surface area contributed by atoms with Crippen LogP contribution in [0.3, 0.4) is 0 Å². The number of benzene rings is 1. The molecule has 1 aromatic heterocycles. The fourth-order valence-corrected chi connectivity index (χ4v) is 4.24. The number of carbonyl (C=O) groups excluding carboxylic acids is 1.